The van der Waals surface area contributed by atoms with Gasteiger partial charge in [-0.2, -0.15) is 0 Å². The van der Waals surface area contributed by atoms with Crippen LogP contribution in [0.3, 0.4) is 0 Å². The van der Waals surface area contributed by atoms with Crippen LogP contribution in [0.15, 0.2) is 24.4 Å². The van der Waals surface area contributed by atoms with Gasteiger partial charge in [0.2, 0.25) is 0 Å². The SMILES string of the molecule is COc1c(C)c(C)c(OC)c(C(O)(c2ccccn2)C(C)C)c1C. The van der Waals surface area contributed by atoms with Crippen molar-refractivity contribution in [3.05, 3.63) is 52.3 Å². The van der Waals surface area contributed by atoms with Crippen LogP contribution in [0, 0.1) is 26.7 Å². The van der Waals surface area contributed by atoms with E-state index in [1.54, 1.807) is 20.4 Å². The van der Waals surface area contributed by atoms with E-state index in [9.17, 15) is 5.11 Å². The fourth-order valence-corrected chi connectivity index (χ4v) is 3.41. The Morgan fingerprint density at radius 2 is 1.54 bits per heavy atom. The highest BCUT2D eigenvalue weighted by Crippen LogP contribution is 2.47. The number of methoxy groups -OCH3 is 2. The maximum atomic E-state index is 11.8. The minimum absolute atomic E-state index is 0.105. The molecule has 130 valence electrons. The third-order valence-electron chi connectivity index (χ3n) is 4.87. The highest BCUT2D eigenvalue weighted by Gasteiger charge is 2.42. The van der Waals surface area contributed by atoms with E-state index >= 15 is 0 Å². The molecule has 0 spiro atoms. The van der Waals surface area contributed by atoms with Gasteiger partial charge >= 0.3 is 0 Å². The molecular formula is C20H27NO3. The third kappa shape index (κ3) is 2.65. The van der Waals surface area contributed by atoms with Gasteiger partial charge in [0.25, 0.3) is 0 Å². The molecule has 0 saturated carbocycles. The molecule has 1 N–H and O–H groups in total. The van der Waals surface area contributed by atoms with Gasteiger partial charge in [0.15, 0.2) is 0 Å². The number of rotatable bonds is 5. The fraction of sp³-hybridized carbons (Fsp3) is 0.450. The minimum Gasteiger partial charge on any atom is -0.496 e. The minimum atomic E-state index is -1.28. The first-order chi connectivity index (χ1) is 11.3. The van der Waals surface area contributed by atoms with Gasteiger partial charge in [0.05, 0.1) is 19.9 Å². The molecule has 2 aromatic rings. The van der Waals surface area contributed by atoms with E-state index in [0.29, 0.717) is 11.4 Å². The molecule has 0 aliphatic heterocycles. The number of benzene rings is 1. The monoisotopic (exact) mass is 329 g/mol. The average molecular weight is 329 g/mol. The lowest BCUT2D eigenvalue weighted by Crippen LogP contribution is -2.36. The summed E-state index contributed by atoms with van der Waals surface area (Å²) in [4.78, 5) is 4.43. The largest absolute Gasteiger partial charge is 0.496 e. The second-order valence-corrected chi connectivity index (χ2v) is 6.45. The Bertz CT molecular complexity index is 726. The van der Waals surface area contributed by atoms with E-state index in [4.69, 9.17) is 9.47 Å². The number of nitrogens with zero attached hydrogens (tertiary/aromatic N) is 1. The predicted octanol–water partition coefficient (Wildman–Crippen LogP) is 3.92. The molecule has 0 fully saturated rings. The van der Waals surface area contributed by atoms with Crippen LogP contribution in [0.5, 0.6) is 11.5 Å². The molecule has 0 bridgehead atoms. The maximum Gasteiger partial charge on any atom is 0.138 e. The Hall–Kier alpha value is -2.07. The Morgan fingerprint density at radius 1 is 0.958 bits per heavy atom. The lowest BCUT2D eigenvalue weighted by molar-refractivity contribution is 0.0243. The lowest BCUT2D eigenvalue weighted by Gasteiger charge is -2.36. The number of hydrogen-bond donors (Lipinski definition) is 1. The summed E-state index contributed by atoms with van der Waals surface area (Å²) in [7, 11) is 3.29. The van der Waals surface area contributed by atoms with E-state index < -0.39 is 5.60 Å². The van der Waals surface area contributed by atoms with Gasteiger partial charge in [0, 0.05) is 17.3 Å². The van der Waals surface area contributed by atoms with E-state index in [1.165, 1.54) is 0 Å². The summed E-state index contributed by atoms with van der Waals surface area (Å²) in [5.41, 5.74) is 2.90. The van der Waals surface area contributed by atoms with Crippen molar-refractivity contribution in [3.8, 4) is 11.5 Å². The molecule has 1 aromatic carbocycles. The number of ether oxygens (including phenoxy) is 2. The molecule has 2 rings (SSSR count). The van der Waals surface area contributed by atoms with Gasteiger partial charge in [-0.05, 0) is 49.9 Å². The number of aromatic nitrogens is 1. The first-order valence-electron chi connectivity index (χ1n) is 8.16. The lowest BCUT2D eigenvalue weighted by atomic mass is 9.76. The van der Waals surface area contributed by atoms with E-state index in [2.05, 4.69) is 4.98 Å². The first kappa shape index (κ1) is 18.3. The summed E-state index contributed by atoms with van der Waals surface area (Å²) in [5.74, 6) is 1.36. The Kier molecular flexibility index (Phi) is 5.19. The first-order valence-corrected chi connectivity index (χ1v) is 8.16. The van der Waals surface area contributed by atoms with Crippen LogP contribution in [0.25, 0.3) is 0 Å². The molecule has 24 heavy (non-hydrogen) atoms. The fourth-order valence-electron chi connectivity index (χ4n) is 3.41. The molecule has 0 aliphatic carbocycles. The number of aliphatic hydroxyl groups is 1. The van der Waals surface area contributed by atoms with Crippen LogP contribution in [0.1, 0.15) is 41.8 Å². The summed E-state index contributed by atoms with van der Waals surface area (Å²) in [6, 6.07) is 5.58. The Labute approximate surface area is 144 Å². The summed E-state index contributed by atoms with van der Waals surface area (Å²) >= 11 is 0. The van der Waals surface area contributed by atoms with Crippen molar-refractivity contribution in [2.24, 2.45) is 5.92 Å². The smallest absolute Gasteiger partial charge is 0.138 e. The van der Waals surface area contributed by atoms with Gasteiger partial charge in [-0.3, -0.25) is 4.98 Å². The van der Waals surface area contributed by atoms with Gasteiger partial charge in [-0.25, -0.2) is 0 Å². The van der Waals surface area contributed by atoms with Crippen molar-refractivity contribution in [1.29, 1.82) is 0 Å². The topological polar surface area (TPSA) is 51.6 Å². The molecule has 0 amide bonds. The van der Waals surface area contributed by atoms with Crippen LogP contribution in [0.2, 0.25) is 0 Å². The molecule has 1 unspecified atom stereocenters. The molecule has 0 saturated heterocycles. The van der Waals surface area contributed by atoms with Crippen molar-refractivity contribution in [3.63, 3.8) is 0 Å². The summed E-state index contributed by atoms with van der Waals surface area (Å²) in [5, 5.41) is 11.8. The molecule has 4 nitrogen and oxygen atoms in total. The molecule has 1 atom stereocenters. The van der Waals surface area contributed by atoms with E-state index in [1.807, 2.05) is 52.8 Å². The van der Waals surface area contributed by atoms with E-state index in [-0.39, 0.29) is 5.92 Å². The summed E-state index contributed by atoms with van der Waals surface area (Å²) < 4.78 is 11.3. The van der Waals surface area contributed by atoms with Gasteiger partial charge in [-0.1, -0.05) is 19.9 Å². The second-order valence-electron chi connectivity index (χ2n) is 6.45. The highest BCUT2D eigenvalue weighted by atomic mass is 16.5. The van der Waals surface area contributed by atoms with Crippen molar-refractivity contribution in [2.45, 2.75) is 40.2 Å². The van der Waals surface area contributed by atoms with Crippen LogP contribution in [-0.2, 0) is 5.60 Å². The molecular weight excluding hydrogens is 302 g/mol. The van der Waals surface area contributed by atoms with Crippen molar-refractivity contribution in [2.75, 3.05) is 14.2 Å². The zero-order chi connectivity index (χ0) is 18.1. The molecule has 1 aromatic heterocycles. The maximum absolute atomic E-state index is 11.8. The number of hydrogen-bond acceptors (Lipinski definition) is 4. The zero-order valence-corrected chi connectivity index (χ0v) is 15.6. The summed E-state index contributed by atoms with van der Waals surface area (Å²) in [6.07, 6.45) is 1.70. The Balaban J connectivity index is 2.93. The van der Waals surface area contributed by atoms with Crippen molar-refractivity contribution < 1.29 is 14.6 Å². The predicted molar refractivity (Wildman–Crippen MR) is 95.8 cm³/mol. The Morgan fingerprint density at radius 3 is 2.00 bits per heavy atom. The normalized spacial score (nSPS) is 13.7. The standard InChI is InChI=1S/C20H27NO3/c1-12(2)20(22,16-10-8-9-11-21-16)17-15(5)18(23-6)13(3)14(4)19(17)24-7/h8-12,22H,1-7H3. The molecule has 1 heterocycles. The van der Waals surface area contributed by atoms with Gasteiger partial charge in [-0.15, -0.1) is 0 Å². The second kappa shape index (κ2) is 6.81. The van der Waals surface area contributed by atoms with Gasteiger partial charge in [0.1, 0.15) is 17.1 Å². The molecule has 4 heteroatoms. The van der Waals surface area contributed by atoms with E-state index in [0.717, 1.165) is 28.0 Å². The quantitative estimate of drug-likeness (QED) is 0.903. The van der Waals surface area contributed by atoms with Crippen LogP contribution in [-0.4, -0.2) is 24.3 Å². The number of pyridine rings is 1. The highest BCUT2D eigenvalue weighted by molar-refractivity contribution is 5.61. The van der Waals surface area contributed by atoms with Gasteiger partial charge < -0.3 is 14.6 Å². The molecule has 0 radical (unpaired) electrons. The summed E-state index contributed by atoms with van der Waals surface area (Å²) in [6.45, 7) is 9.91. The average Bonchev–Trinajstić information content (AvgIpc) is 2.58. The van der Waals surface area contributed by atoms with Crippen LogP contribution < -0.4 is 9.47 Å². The molecule has 0 aliphatic rings. The van der Waals surface area contributed by atoms with Crippen molar-refractivity contribution in [1.82, 2.24) is 4.98 Å². The van der Waals surface area contributed by atoms with Crippen LogP contribution >= 0.6 is 0 Å². The third-order valence-corrected chi connectivity index (χ3v) is 4.87. The van der Waals surface area contributed by atoms with Crippen LogP contribution in [0.4, 0.5) is 0 Å². The zero-order valence-electron chi connectivity index (χ0n) is 15.6. The van der Waals surface area contributed by atoms with Crippen molar-refractivity contribution >= 4 is 0 Å².